The highest BCUT2D eigenvalue weighted by atomic mass is 19.1. The van der Waals surface area contributed by atoms with Gasteiger partial charge in [0.2, 0.25) is 0 Å². The van der Waals surface area contributed by atoms with E-state index in [0.29, 0.717) is 0 Å². The first kappa shape index (κ1) is 13.2. The van der Waals surface area contributed by atoms with Gasteiger partial charge in [-0.25, -0.2) is 8.78 Å². The highest BCUT2D eigenvalue weighted by molar-refractivity contribution is 5.76. The van der Waals surface area contributed by atoms with E-state index in [2.05, 4.69) is 0 Å². The molecule has 2 aromatic carbocycles. The van der Waals surface area contributed by atoms with E-state index in [1.165, 1.54) is 0 Å². The summed E-state index contributed by atoms with van der Waals surface area (Å²) in [5.41, 5.74) is 0.938. The molecular formula is C15H12F2O2. The second-order valence-electron chi connectivity index (χ2n) is 4.28. The van der Waals surface area contributed by atoms with Crippen LogP contribution in [0, 0.1) is 11.6 Å². The molecule has 0 fully saturated rings. The molecule has 0 saturated heterocycles. The summed E-state index contributed by atoms with van der Waals surface area (Å²) < 4.78 is 26.3. The summed E-state index contributed by atoms with van der Waals surface area (Å²) in [4.78, 5) is 11.3. The van der Waals surface area contributed by atoms with Crippen LogP contribution in [0.25, 0.3) is 0 Å². The van der Waals surface area contributed by atoms with E-state index in [1.807, 2.05) is 6.07 Å². The lowest BCUT2D eigenvalue weighted by atomic mass is 9.92. The van der Waals surface area contributed by atoms with Gasteiger partial charge >= 0.3 is 5.97 Å². The third-order valence-corrected chi connectivity index (χ3v) is 2.87. The lowest BCUT2D eigenvalue weighted by Crippen LogP contribution is -2.15. The second kappa shape index (κ2) is 5.61. The molecule has 2 aromatic rings. The molecule has 0 heterocycles. The van der Waals surface area contributed by atoms with Gasteiger partial charge < -0.3 is 5.11 Å². The van der Waals surface area contributed by atoms with Crippen molar-refractivity contribution in [1.29, 1.82) is 0 Å². The molecule has 0 bridgehead atoms. The van der Waals surface area contributed by atoms with Crippen LogP contribution in [0.5, 0.6) is 0 Å². The lowest BCUT2D eigenvalue weighted by molar-refractivity contribution is -0.138. The van der Waals surface area contributed by atoms with Crippen LogP contribution in [0.15, 0.2) is 48.5 Å². The number of carboxylic acids is 1. The predicted molar refractivity (Wildman–Crippen MR) is 66.9 cm³/mol. The molecule has 0 amide bonds. The van der Waals surface area contributed by atoms with Crippen molar-refractivity contribution in [3.05, 3.63) is 71.3 Å². The molecule has 1 N–H and O–H groups in total. The summed E-state index contributed by atoms with van der Waals surface area (Å²) >= 11 is 0. The van der Waals surface area contributed by atoms with Crippen LogP contribution in [0.1, 0.15) is 17.0 Å². The molecule has 0 aliphatic carbocycles. The minimum Gasteiger partial charge on any atom is -0.481 e. The van der Waals surface area contributed by atoms with Crippen LogP contribution in [0.3, 0.4) is 0 Å². The Kier molecular flexibility index (Phi) is 3.90. The monoisotopic (exact) mass is 262 g/mol. The molecule has 0 spiro atoms. The Morgan fingerprint density at radius 2 is 1.63 bits per heavy atom. The van der Waals surface area contributed by atoms with Gasteiger partial charge in [0.05, 0.1) is 5.92 Å². The number of hydrogen-bond acceptors (Lipinski definition) is 1. The zero-order valence-corrected chi connectivity index (χ0v) is 10.0. The first-order valence-corrected chi connectivity index (χ1v) is 5.79. The number of hydrogen-bond donors (Lipinski definition) is 1. The van der Waals surface area contributed by atoms with Gasteiger partial charge in [0.15, 0.2) is 0 Å². The SMILES string of the molecule is O=C(O)C(Cc1ccccc1)c1cc(F)cc(F)c1. The Bertz CT molecular complexity index is 562. The van der Waals surface area contributed by atoms with Crippen LogP contribution in [0.2, 0.25) is 0 Å². The molecule has 0 aliphatic rings. The largest absolute Gasteiger partial charge is 0.481 e. The van der Waals surface area contributed by atoms with Crippen molar-refractivity contribution in [2.24, 2.45) is 0 Å². The molecule has 2 rings (SSSR count). The van der Waals surface area contributed by atoms with Crippen molar-refractivity contribution >= 4 is 5.97 Å². The topological polar surface area (TPSA) is 37.3 Å². The summed E-state index contributed by atoms with van der Waals surface area (Å²) in [6.07, 6.45) is 0.194. The van der Waals surface area contributed by atoms with Crippen LogP contribution >= 0.6 is 0 Å². The van der Waals surface area contributed by atoms with E-state index in [1.54, 1.807) is 24.3 Å². The van der Waals surface area contributed by atoms with Crippen LogP contribution in [0.4, 0.5) is 8.78 Å². The van der Waals surface area contributed by atoms with E-state index in [-0.39, 0.29) is 12.0 Å². The quantitative estimate of drug-likeness (QED) is 0.917. The smallest absolute Gasteiger partial charge is 0.311 e. The molecule has 1 atom stereocenters. The van der Waals surface area contributed by atoms with Gasteiger partial charge in [0, 0.05) is 6.07 Å². The van der Waals surface area contributed by atoms with E-state index in [0.717, 1.165) is 23.8 Å². The Morgan fingerprint density at radius 3 is 2.16 bits per heavy atom. The zero-order valence-electron chi connectivity index (χ0n) is 10.0. The van der Waals surface area contributed by atoms with Crippen LogP contribution < -0.4 is 0 Å². The molecule has 0 radical (unpaired) electrons. The van der Waals surface area contributed by atoms with Crippen molar-refractivity contribution in [1.82, 2.24) is 0 Å². The maximum atomic E-state index is 13.2. The average Bonchev–Trinajstić information content (AvgIpc) is 2.35. The average molecular weight is 262 g/mol. The maximum Gasteiger partial charge on any atom is 0.311 e. The minimum absolute atomic E-state index is 0.133. The number of aliphatic carboxylic acids is 1. The molecule has 0 aromatic heterocycles. The van der Waals surface area contributed by atoms with Crippen LogP contribution in [-0.2, 0) is 11.2 Å². The molecule has 0 aliphatic heterocycles. The first-order chi connectivity index (χ1) is 9.06. The highest BCUT2D eigenvalue weighted by Gasteiger charge is 2.21. The molecule has 4 heteroatoms. The van der Waals surface area contributed by atoms with Gasteiger partial charge in [0.1, 0.15) is 11.6 Å². The molecular weight excluding hydrogens is 250 g/mol. The Labute approximate surface area is 109 Å². The summed E-state index contributed by atoms with van der Waals surface area (Å²) in [5, 5.41) is 9.22. The van der Waals surface area contributed by atoms with Gasteiger partial charge in [-0.3, -0.25) is 4.79 Å². The molecule has 1 unspecified atom stereocenters. The highest BCUT2D eigenvalue weighted by Crippen LogP contribution is 2.23. The third-order valence-electron chi connectivity index (χ3n) is 2.87. The van der Waals surface area contributed by atoms with Crippen molar-refractivity contribution in [3.8, 4) is 0 Å². The Balaban J connectivity index is 2.32. The fraction of sp³-hybridized carbons (Fsp3) is 0.133. The predicted octanol–water partition coefficient (Wildman–Crippen LogP) is 3.38. The van der Waals surface area contributed by atoms with Crippen molar-refractivity contribution in [2.75, 3.05) is 0 Å². The van der Waals surface area contributed by atoms with E-state index in [9.17, 15) is 18.7 Å². The number of benzene rings is 2. The lowest BCUT2D eigenvalue weighted by Gasteiger charge is -2.13. The van der Waals surface area contributed by atoms with Gasteiger partial charge in [-0.1, -0.05) is 30.3 Å². The van der Waals surface area contributed by atoms with E-state index in [4.69, 9.17) is 0 Å². The van der Waals surface area contributed by atoms with E-state index < -0.39 is 23.5 Å². The van der Waals surface area contributed by atoms with Gasteiger partial charge in [-0.15, -0.1) is 0 Å². The fourth-order valence-corrected chi connectivity index (χ4v) is 1.97. The molecule has 2 nitrogen and oxygen atoms in total. The second-order valence-corrected chi connectivity index (χ2v) is 4.28. The zero-order chi connectivity index (χ0) is 13.8. The maximum absolute atomic E-state index is 13.2. The van der Waals surface area contributed by atoms with Gasteiger partial charge in [-0.05, 0) is 29.7 Å². The molecule has 19 heavy (non-hydrogen) atoms. The van der Waals surface area contributed by atoms with Gasteiger partial charge in [-0.2, -0.15) is 0 Å². The van der Waals surface area contributed by atoms with Crippen molar-refractivity contribution in [3.63, 3.8) is 0 Å². The molecule has 98 valence electrons. The summed E-state index contributed by atoms with van der Waals surface area (Å²) in [6, 6.07) is 11.8. The number of halogens is 2. The third kappa shape index (κ3) is 3.37. The Hall–Kier alpha value is -2.23. The summed E-state index contributed by atoms with van der Waals surface area (Å²) in [7, 11) is 0. The fourth-order valence-electron chi connectivity index (χ4n) is 1.97. The summed E-state index contributed by atoms with van der Waals surface area (Å²) in [6.45, 7) is 0. The number of carbonyl (C=O) groups is 1. The van der Waals surface area contributed by atoms with Gasteiger partial charge in [0.25, 0.3) is 0 Å². The number of rotatable bonds is 4. The van der Waals surface area contributed by atoms with Crippen LogP contribution in [-0.4, -0.2) is 11.1 Å². The minimum atomic E-state index is -1.10. The summed E-state index contributed by atoms with van der Waals surface area (Å²) in [5.74, 6) is -3.61. The number of carboxylic acid groups (broad SMARTS) is 1. The van der Waals surface area contributed by atoms with E-state index >= 15 is 0 Å². The van der Waals surface area contributed by atoms with Crippen molar-refractivity contribution < 1.29 is 18.7 Å². The first-order valence-electron chi connectivity index (χ1n) is 5.79. The van der Waals surface area contributed by atoms with Crippen molar-refractivity contribution in [2.45, 2.75) is 12.3 Å². The Morgan fingerprint density at radius 1 is 1.05 bits per heavy atom. The standard InChI is InChI=1S/C15H12F2O2/c16-12-7-11(8-13(17)9-12)14(15(18)19)6-10-4-2-1-3-5-10/h1-5,7-9,14H,6H2,(H,18,19). The molecule has 0 saturated carbocycles. The normalized spacial score (nSPS) is 12.1.